The van der Waals surface area contributed by atoms with Gasteiger partial charge in [-0.1, -0.05) is 11.6 Å². The van der Waals surface area contributed by atoms with E-state index in [4.69, 9.17) is 16.3 Å². The summed E-state index contributed by atoms with van der Waals surface area (Å²) >= 11 is 6.03. The number of nitrogens with zero attached hydrogens (tertiary/aromatic N) is 2. The number of rotatable bonds is 5. The van der Waals surface area contributed by atoms with E-state index in [-0.39, 0.29) is 17.2 Å². The highest BCUT2D eigenvalue weighted by atomic mass is 35.5. The van der Waals surface area contributed by atoms with Crippen molar-refractivity contribution >= 4 is 34.7 Å². The van der Waals surface area contributed by atoms with E-state index in [1.165, 1.54) is 25.3 Å². The Bertz CT molecular complexity index is 1000. The summed E-state index contributed by atoms with van der Waals surface area (Å²) in [4.78, 5) is 20.2. The summed E-state index contributed by atoms with van der Waals surface area (Å²) in [5.41, 5.74) is 0.508. The first kappa shape index (κ1) is 18.5. The molecule has 0 unspecified atom stereocenters. The van der Waals surface area contributed by atoms with Gasteiger partial charge in [-0.25, -0.2) is 18.7 Å². The van der Waals surface area contributed by atoms with E-state index in [0.29, 0.717) is 16.5 Å². The second-order valence-electron chi connectivity index (χ2n) is 5.34. The minimum absolute atomic E-state index is 0.0170. The molecule has 27 heavy (non-hydrogen) atoms. The average Bonchev–Trinajstić information content (AvgIpc) is 2.64. The number of carbonyl (C=O) groups excluding carboxylic acids is 1. The molecule has 0 saturated heterocycles. The maximum atomic E-state index is 13.7. The predicted octanol–water partition coefficient (Wildman–Crippen LogP) is 4.41. The number of amides is 1. The molecule has 2 aromatic carbocycles. The Labute approximate surface area is 158 Å². The molecule has 0 aliphatic rings. The number of hydrogen-bond acceptors (Lipinski definition) is 5. The van der Waals surface area contributed by atoms with Crippen molar-refractivity contribution in [3.05, 3.63) is 71.1 Å². The number of benzene rings is 2. The minimum atomic E-state index is -0.785. The molecule has 0 saturated carbocycles. The van der Waals surface area contributed by atoms with Crippen molar-refractivity contribution in [2.75, 3.05) is 17.7 Å². The van der Waals surface area contributed by atoms with Crippen LogP contribution < -0.4 is 15.4 Å². The molecule has 3 aromatic rings. The largest absolute Gasteiger partial charge is 0.495 e. The van der Waals surface area contributed by atoms with Crippen LogP contribution in [0.4, 0.5) is 26.0 Å². The van der Waals surface area contributed by atoms with Crippen LogP contribution in [0.25, 0.3) is 0 Å². The first-order valence-electron chi connectivity index (χ1n) is 7.65. The first-order chi connectivity index (χ1) is 13.0. The number of ether oxygens (including phenoxy) is 1. The van der Waals surface area contributed by atoms with Gasteiger partial charge in [0.1, 0.15) is 35.2 Å². The minimum Gasteiger partial charge on any atom is -0.495 e. The van der Waals surface area contributed by atoms with Crippen LogP contribution in [-0.4, -0.2) is 23.0 Å². The van der Waals surface area contributed by atoms with Gasteiger partial charge in [0.05, 0.1) is 17.8 Å². The maximum absolute atomic E-state index is 13.7. The Balaban J connectivity index is 1.76. The van der Waals surface area contributed by atoms with Gasteiger partial charge in [-0.05, 0) is 30.3 Å². The molecule has 1 aromatic heterocycles. The third kappa shape index (κ3) is 4.48. The Kier molecular flexibility index (Phi) is 5.46. The van der Waals surface area contributed by atoms with Crippen molar-refractivity contribution in [3.63, 3.8) is 0 Å². The summed E-state index contributed by atoms with van der Waals surface area (Å²) in [6, 6.07) is 9.18. The van der Waals surface area contributed by atoms with E-state index >= 15 is 0 Å². The third-order valence-electron chi connectivity index (χ3n) is 3.50. The number of hydrogen-bond donors (Lipinski definition) is 2. The lowest BCUT2D eigenvalue weighted by molar-refractivity contribution is 0.102. The number of anilines is 3. The van der Waals surface area contributed by atoms with Crippen molar-refractivity contribution in [1.82, 2.24) is 9.97 Å². The highest BCUT2D eigenvalue weighted by molar-refractivity contribution is 6.32. The van der Waals surface area contributed by atoms with Gasteiger partial charge in [-0.15, -0.1) is 0 Å². The molecule has 6 nitrogen and oxygen atoms in total. The Morgan fingerprint density at radius 2 is 1.93 bits per heavy atom. The zero-order chi connectivity index (χ0) is 19.4. The summed E-state index contributed by atoms with van der Waals surface area (Å²) in [5.74, 6) is -1.34. The van der Waals surface area contributed by atoms with Crippen LogP contribution >= 0.6 is 11.6 Å². The standard InChI is InChI=1S/C18H13ClF2N4O2/c1-27-16-5-3-11(7-12(16)19)24-18(26)15-8-17(23-9-22-15)25-14-4-2-10(20)6-13(14)21/h2-9H,1H3,(H,24,26)(H,22,23,25). The number of carbonyl (C=O) groups is 1. The molecule has 0 bridgehead atoms. The molecular formula is C18H13ClF2N4O2. The molecule has 0 spiro atoms. The summed E-state index contributed by atoms with van der Waals surface area (Å²) in [5, 5.41) is 5.65. The number of halogens is 3. The maximum Gasteiger partial charge on any atom is 0.274 e. The second kappa shape index (κ2) is 7.96. The fourth-order valence-corrected chi connectivity index (χ4v) is 2.48. The lowest BCUT2D eigenvalue weighted by Crippen LogP contribution is -2.14. The zero-order valence-corrected chi connectivity index (χ0v) is 14.7. The van der Waals surface area contributed by atoms with Crippen LogP contribution in [-0.2, 0) is 0 Å². The van der Waals surface area contributed by atoms with E-state index in [1.807, 2.05) is 0 Å². The summed E-state index contributed by atoms with van der Waals surface area (Å²) in [7, 11) is 1.48. The van der Waals surface area contributed by atoms with Gasteiger partial charge in [-0.2, -0.15) is 0 Å². The normalized spacial score (nSPS) is 10.4. The van der Waals surface area contributed by atoms with Gasteiger partial charge in [0.25, 0.3) is 5.91 Å². The SMILES string of the molecule is COc1ccc(NC(=O)c2cc(Nc3ccc(F)cc3F)ncn2)cc1Cl. The lowest BCUT2D eigenvalue weighted by Gasteiger charge is -2.09. The van der Waals surface area contributed by atoms with Gasteiger partial charge in [-0.3, -0.25) is 4.79 Å². The zero-order valence-electron chi connectivity index (χ0n) is 14.0. The van der Waals surface area contributed by atoms with Crippen molar-refractivity contribution in [2.45, 2.75) is 0 Å². The van der Waals surface area contributed by atoms with Gasteiger partial charge >= 0.3 is 0 Å². The van der Waals surface area contributed by atoms with Gasteiger partial charge < -0.3 is 15.4 Å². The average molecular weight is 391 g/mol. The molecule has 138 valence electrons. The van der Waals surface area contributed by atoms with Crippen LogP contribution in [0.2, 0.25) is 5.02 Å². The third-order valence-corrected chi connectivity index (χ3v) is 3.80. The first-order valence-corrected chi connectivity index (χ1v) is 8.03. The van der Waals surface area contributed by atoms with Crippen molar-refractivity contribution in [3.8, 4) is 5.75 Å². The molecule has 1 amide bonds. The molecule has 0 aliphatic heterocycles. The molecule has 0 fully saturated rings. The van der Waals surface area contributed by atoms with Gasteiger partial charge in [0, 0.05) is 17.8 Å². The molecule has 9 heteroatoms. The fourth-order valence-electron chi connectivity index (χ4n) is 2.22. The number of nitrogens with one attached hydrogen (secondary N) is 2. The summed E-state index contributed by atoms with van der Waals surface area (Å²) in [6.45, 7) is 0. The fraction of sp³-hybridized carbons (Fsp3) is 0.0556. The Morgan fingerprint density at radius 3 is 2.63 bits per heavy atom. The van der Waals surface area contributed by atoms with Gasteiger partial charge in [0.15, 0.2) is 0 Å². The molecule has 0 aliphatic carbocycles. The molecule has 0 radical (unpaired) electrons. The monoisotopic (exact) mass is 390 g/mol. The van der Waals surface area contributed by atoms with Crippen LogP contribution in [0.15, 0.2) is 48.8 Å². The summed E-state index contributed by atoms with van der Waals surface area (Å²) in [6.07, 6.45) is 1.15. The topological polar surface area (TPSA) is 76.1 Å². The van der Waals surface area contributed by atoms with Crippen molar-refractivity contribution in [2.24, 2.45) is 0 Å². The van der Waals surface area contributed by atoms with E-state index in [0.717, 1.165) is 18.5 Å². The summed E-state index contributed by atoms with van der Waals surface area (Å²) < 4.78 is 31.8. The van der Waals surface area contributed by atoms with Crippen LogP contribution in [0, 0.1) is 11.6 Å². The molecule has 0 atom stereocenters. The van der Waals surface area contributed by atoms with Crippen molar-refractivity contribution < 1.29 is 18.3 Å². The van der Waals surface area contributed by atoms with E-state index in [9.17, 15) is 13.6 Å². The van der Waals surface area contributed by atoms with E-state index in [1.54, 1.807) is 12.1 Å². The molecule has 3 rings (SSSR count). The van der Waals surface area contributed by atoms with Crippen LogP contribution in [0.3, 0.4) is 0 Å². The predicted molar refractivity (Wildman–Crippen MR) is 97.6 cm³/mol. The Morgan fingerprint density at radius 1 is 1.11 bits per heavy atom. The smallest absolute Gasteiger partial charge is 0.274 e. The number of aromatic nitrogens is 2. The second-order valence-corrected chi connectivity index (χ2v) is 5.75. The molecule has 1 heterocycles. The van der Waals surface area contributed by atoms with Crippen molar-refractivity contribution in [1.29, 1.82) is 0 Å². The highest BCUT2D eigenvalue weighted by Crippen LogP contribution is 2.27. The lowest BCUT2D eigenvalue weighted by atomic mass is 10.2. The van der Waals surface area contributed by atoms with E-state index in [2.05, 4.69) is 20.6 Å². The molecular weight excluding hydrogens is 378 g/mol. The number of methoxy groups -OCH3 is 1. The highest BCUT2D eigenvalue weighted by Gasteiger charge is 2.12. The van der Waals surface area contributed by atoms with Gasteiger partial charge in [0.2, 0.25) is 0 Å². The van der Waals surface area contributed by atoms with Crippen LogP contribution in [0.1, 0.15) is 10.5 Å². The molecule has 2 N–H and O–H groups in total. The van der Waals surface area contributed by atoms with E-state index < -0.39 is 17.5 Å². The Hall–Kier alpha value is -3.26. The van der Waals surface area contributed by atoms with Crippen LogP contribution in [0.5, 0.6) is 5.75 Å². The quantitative estimate of drug-likeness (QED) is 0.674.